The van der Waals surface area contributed by atoms with Crippen LogP contribution in [0.3, 0.4) is 0 Å². The molecular weight excluding hydrogens is 226 g/mol. The summed E-state index contributed by atoms with van der Waals surface area (Å²) in [6, 6.07) is 15.0. The molecule has 0 saturated carbocycles. The highest BCUT2D eigenvalue weighted by Crippen LogP contribution is 2.24. The lowest BCUT2D eigenvalue weighted by molar-refractivity contribution is -0.385. The molecular formula is C15H13NO2. The molecule has 0 radical (unpaired) electrons. The Kier molecular flexibility index (Phi) is 3.53. The number of hydrogen-bond donors (Lipinski definition) is 0. The van der Waals surface area contributed by atoms with Crippen molar-refractivity contribution in [3.8, 4) is 0 Å². The van der Waals surface area contributed by atoms with E-state index in [0.717, 1.165) is 5.56 Å². The van der Waals surface area contributed by atoms with Gasteiger partial charge in [0.15, 0.2) is 0 Å². The van der Waals surface area contributed by atoms with Crippen LogP contribution in [0.15, 0.2) is 48.5 Å². The van der Waals surface area contributed by atoms with Gasteiger partial charge in [-0.2, -0.15) is 0 Å². The van der Waals surface area contributed by atoms with Crippen LogP contribution in [-0.4, -0.2) is 4.92 Å². The maximum Gasteiger partial charge on any atom is 0.279 e. The largest absolute Gasteiger partial charge is 0.279 e. The Balaban J connectivity index is 2.38. The molecule has 0 heterocycles. The highest BCUT2D eigenvalue weighted by atomic mass is 16.6. The van der Waals surface area contributed by atoms with Crippen molar-refractivity contribution in [2.45, 2.75) is 6.92 Å². The Morgan fingerprint density at radius 3 is 2.39 bits per heavy atom. The van der Waals surface area contributed by atoms with Gasteiger partial charge < -0.3 is 0 Å². The molecule has 2 aromatic carbocycles. The van der Waals surface area contributed by atoms with Gasteiger partial charge in [0, 0.05) is 5.56 Å². The standard InChI is InChI=1S/C15H13NO2/c1-12-6-5-9-14(15(12)16(17)18)11-10-13-7-3-2-4-8-13/h2-11H,1H3/b11-10+. The summed E-state index contributed by atoms with van der Waals surface area (Å²) >= 11 is 0. The molecule has 2 aromatic rings. The highest BCUT2D eigenvalue weighted by molar-refractivity contribution is 5.75. The van der Waals surface area contributed by atoms with Gasteiger partial charge in [-0.05, 0) is 24.6 Å². The third-order valence-corrected chi connectivity index (χ3v) is 2.71. The van der Waals surface area contributed by atoms with Gasteiger partial charge in [-0.1, -0.05) is 48.5 Å². The van der Waals surface area contributed by atoms with Crippen LogP contribution in [0.5, 0.6) is 0 Å². The second-order valence-corrected chi connectivity index (χ2v) is 4.01. The molecule has 2 rings (SSSR count). The molecule has 0 aromatic heterocycles. The van der Waals surface area contributed by atoms with Crippen LogP contribution in [-0.2, 0) is 0 Å². The van der Waals surface area contributed by atoms with Crippen LogP contribution in [0.4, 0.5) is 5.69 Å². The van der Waals surface area contributed by atoms with Gasteiger partial charge in [-0.15, -0.1) is 0 Å². The zero-order valence-corrected chi connectivity index (χ0v) is 10.0. The number of hydrogen-bond acceptors (Lipinski definition) is 2. The molecule has 90 valence electrons. The minimum atomic E-state index is -0.333. The van der Waals surface area contributed by atoms with E-state index >= 15 is 0 Å². The summed E-state index contributed by atoms with van der Waals surface area (Å²) in [6.07, 6.45) is 3.66. The average Bonchev–Trinajstić information content (AvgIpc) is 2.37. The van der Waals surface area contributed by atoms with Gasteiger partial charge >= 0.3 is 0 Å². The SMILES string of the molecule is Cc1cccc(/C=C/c2ccccc2)c1[N+](=O)[O-]. The smallest absolute Gasteiger partial charge is 0.258 e. The Labute approximate surface area is 106 Å². The summed E-state index contributed by atoms with van der Waals surface area (Å²) in [6.45, 7) is 1.75. The molecule has 3 nitrogen and oxygen atoms in total. The van der Waals surface area contributed by atoms with E-state index in [9.17, 15) is 10.1 Å². The maximum atomic E-state index is 11.0. The number of nitrogens with zero attached hydrogens (tertiary/aromatic N) is 1. The predicted molar refractivity (Wildman–Crippen MR) is 73.2 cm³/mol. The summed E-state index contributed by atoms with van der Waals surface area (Å²) in [5, 5.41) is 11.0. The highest BCUT2D eigenvalue weighted by Gasteiger charge is 2.14. The number of nitro benzene ring substituents is 1. The van der Waals surface area contributed by atoms with E-state index in [4.69, 9.17) is 0 Å². The molecule has 0 aliphatic carbocycles. The van der Waals surface area contributed by atoms with Crippen molar-refractivity contribution in [2.24, 2.45) is 0 Å². The van der Waals surface area contributed by atoms with Crippen molar-refractivity contribution in [2.75, 3.05) is 0 Å². The molecule has 0 saturated heterocycles. The number of aryl methyl sites for hydroxylation is 1. The van der Waals surface area contributed by atoms with E-state index in [2.05, 4.69) is 0 Å². The van der Waals surface area contributed by atoms with E-state index in [-0.39, 0.29) is 10.6 Å². The van der Waals surface area contributed by atoms with E-state index in [1.165, 1.54) is 0 Å². The van der Waals surface area contributed by atoms with E-state index < -0.39 is 0 Å². The monoisotopic (exact) mass is 239 g/mol. The molecule has 0 fully saturated rings. The second-order valence-electron chi connectivity index (χ2n) is 4.01. The Morgan fingerprint density at radius 2 is 1.72 bits per heavy atom. The van der Waals surface area contributed by atoms with Crippen molar-refractivity contribution in [1.82, 2.24) is 0 Å². The third kappa shape index (κ3) is 2.63. The molecule has 18 heavy (non-hydrogen) atoms. The molecule has 0 spiro atoms. The summed E-state index contributed by atoms with van der Waals surface area (Å²) < 4.78 is 0. The van der Waals surface area contributed by atoms with Crippen molar-refractivity contribution in [3.63, 3.8) is 0 Å². The van der Waals surface area contributed by atoms with E-state index in [1.54, 1.807) is 25.1 Å². The average molecular weight is 239 g/mol. The fraction of sp³-hybridized carbons (Fsp3) is 0.0667. The van der Waals surface area contributed by atoms with Crippen molar-refractivity contribution in [1.29, 1.82) is 0 Å². The van der Waals surface area contributed by atoms with Crippen LogP contribution in [0.25, 0.3) is 12.2 Å². The predicted octanol–water partition coefficient (Wildman–Crippen LogP) is 4.07. The summed E-state index contributed by atoms with van der Waals surface area (Å²) in [7, 11) is 0. The van der Waals surface area contributed by atoms with Crippen LogP contribution < -0.4 is 0 Å². The zero-order valence-electron chi connectivity index (χ0n) is 10.0. The quantitative estimate of drug-likeness (QED) is 0.460. The first kappa shape index (κ1) is 12.0. The molecule has 0 bridgehead atoms. The lowest BCUT2D eigenvalue weighted by Crippen LogP contribution is -1.94. The minimum absolute atomic E-state index is 0.171. The van der Waals surface area contributed by atoms with Crippen LogP contribution >= 0.6 is 0 Å². The lowest BCUT2D eigenvalue weighted by atomic mass is 10.1. The van der Waals surface area contributed by atoms with Crippen molar-refractivity contribution < 1.29 is 4.92 Å². The Bertz CT molecular complexity index is 589. The van der Waals surface area contributed by atoms with Gasteiger partial charge in [0.05, 0.1) is 10.5 Å². The first-order valence-electron chi connectivity index (χ1n) is 5.65. The fourth-order valence-electron chi connectivity index (χ4n) is 1.82. The third-order valence-electron chi connectivity index (χ3n) is 2.71. The zero-order chi connectivity index (χ0) is 13.0. The van der Waals surface area contributed by atoms with Crippen LogP contribution in [0, 0.1) is 17.0 Å². The van der Waals surface area contributed by atoms with Gasteiger partial charge in [0.25, 0.3) is 5.69 Å². The van der Waals surface area contributed by atoms with Crippen molar-refractivity contribution in [3.05, 3.63) is 75.3 Å². The van der Waals surface area contributed by atoms with E-state index in [1.807, 2.05) is 42.5 Å². The van der Waals surface area contributed by atoms with Gasteiger partial charge in [0.2, 0.25) is 0 Å². The second kappa shape index (κ2) is 5.27. The Hall–Kier alpha value is -2.42. The van der Waals surface area contributed by atoms with Crippen molar-refractivity contribution >= 4 is 17.8 Å². The molecule has 3 heteroatoms. The first-order valence-corrected chi connectivity index (χ1v) is 5.65. The normalized spacial score (nSPS) is 10.7. The molecule has 0 aliphatic heterocycles. The fourth-order valence-corrected chi connectivity index (χ4v) is 1.82. The van der Waals surface area contributed by atoms with Gasteiger partial charge in [0.1, 0.15) is 0 Å². The molecule has 0 N–H and O–H groups in total. The lowest BCUT2D eigenvalue weighted by Gasteiger charge is -2.00. The number of rotatable bonds is 3. The first-order chi connectivity index (χ1) is 8.68. The summed E-state index contributed by atoms with van der Waals surface area (Å²) in [4.78, 5) is 10.7. The molecule has 0 atom stereocenters. The van der Waals surface area contributed by atoms with Gasteiger partial charge in [-0.3, -0.25) is 10.1 Å². The number of para-hydroxylation sites is 1. The van der Waals surface area contributed by atoms with Gasteiger partial charge in [-0.25, -0.2) is 0 Å². The summed E-state index contributed by atoms with van der Waals surface area (Å²) in [5.41, 5.74) is 2.50. The maximum absolute atomic E-state index is 11.0. The molecule has 0 amide bonds. The van der Waals surface area contributed by atoms with Crippen LogP contribution in [0.2, 0.25) is 0 Å². The Morgan fingerprint density at radius 1 is 1.00 bits per heavy atom. The molecule has 0 aliphatic rings. The minimum Gasteiger partial charge on any atom is -0.258 e. The summed E-state index contributed by atoms with van der Waals surface area (Å²) in [5.74, 6) is 0. The molecule has 0 unspecified atom stereocenters. The van der Waals surface area contributed by atoms with E-state index in [0.29, 0.717) is 11.1 Å². The number of nitro groups is 1. The van der Waals surface area contributed by atoms with Crippen LogP contribution in [0.1, 0.15) is 16.7 Å². The topological polar surface area (TPSA) is 43.1 Å². The number of benzene rings is 2.